The molecule has 1 unspecified atom stereocenters. The molecular formula is C45H40Cl2N2O8. The highest BCUT2D eigenvalue weighted by molar-refractivity contribution is 6.36. The van der Waals surface area contributed by atoms with Gasteiger partial charge in [0.15, 0.2) is 0 Å². The van der Waals surface area contributed by atoms with E-state index in [9.17, 15) is 24.0 Å². The molecule has 3 heterocycles. The van der Waals surface area contributed by atoms with E-state index in [0.717, 1.165) is 27.9 Å². The first-order chi connectivity index (χ1) is 27.2. The molecule has 0 saturated heterocycles. The summed E-state index contributed by atoms with van der Waals surface area (Å²) in [5, 5.41) is 28.0. The molecule has 57 heavy (non-hydrogen) atoms. The zero-order valence-corrected chi connectivity index (χ0v) is 32.7. The number of aromatic nitrogens is 2. The van der Waals surface area contributed by atoms with Gasteiger partial charge in [0.2, 0.25) is 11.6 Å². The van der Waals surface area contributed by atoms with Crippen LogP contribution < -0.4 is 0 Å². The van der Waals surface area contributed by atoms with Crippen LogP contribution in [0.4, 0.5) is 0 Å². The molecule has 1 aliphatic heterocycles. The fourth-order valence-electron chi connectivity index (χ4n) is 6.55. The summed E-state index contributed by atoms with van der Waals surface area (Å²) in [7, 11) is 1.71. The Morgan fingerprint density at radius 2 is 1.19 bits per heavy atom. The van der Waals surface area contributed by atoms with E-state index in [1.54, 1.807) is 78.3 Å². The number of aliphatic carboxylic acids is 3. The first-order valence-corrected chi connectivity index (χ1v) is 18.7. The summed E-state index contributed by atoms with van der Waals surface area (Å²) in [5.74, 6) is -3.22. The number of nitrogens with zero attached hydrogens (tertiary/aromatic N) is 2. The van der Waals surface area contributed by atoms with Crippen molar-refractivity contribution in [1.82, 2.24) is 9.13 Å². The van der Waals surface area contributed by atoms with Gasteiger partial charge >= 0.3 is 17.9 Å². The molecule has 2 aromatic heterocycles. The molecule has 6 aromatic rings. The van der Waals surface area contributed by atoms with Gasteiger partial charge in [0, 0.05) is 52.6 Å². The second kappa shape index (κ2) is 19.1. The number of carboxylic acid groups (broad SMARTS) is 3. The Morgan fingerprint density at radius 1 is 0.632 bits per heavy atom. The first-order valence-electron chi connectivity index (χ1n) is 18.0. The lowest BCUT2D eigenvalue weighted by Crippen LogP contribution is -2.11. The Morgan fingerprint density at radius 3 is 1.81 bits per heavy atom. The summed E-state index contributed by atoms with van der Waals surface area (Å²) in [4.78, 5) is 57.4. The lowest BCUT2D eigenvalue weighted by molar-refractivity contribution is -0.139. The van der Waals surface area contributed by atoms with Crippen molar-refractivity contribution < 1.29 is 39.3 Å². The molecule has 0 amide bonds. The van der Waals surface area contributed by atoms with E-state index in [1.807, 2.05) is 66.1 Å². The molecule has 1 aliphatic rings. The summed E-state index contributed by atoms with van der Waals surface area (Å²) in [6.45, 7) is 2.55. The van der Waals surface area contributed by atoms with Crippen molar-refractivity contribution >= 4 is 52.7 Å². The number of fused-ring (bicyclic) bond motifs is 1. The predicted molar refractivity (Wildman–Crippen MR) is 218 cm³/mol. The minimum atomic E-state index is -0.907. The van der Waals surface area contributed by atoms with E-state index in [0.29, 0.717) is 57.6 Å². The topological polar surface area (TPSA) is 156 Å². The van der Waals surface area contributed by atoms with Crippen LogP contribution in [-0.4, -0.2) is 53.9 Å². The van der Waals surface area contributed by atoms with Crippen LogP contribution in [0, 0.1) is 6.92 Å². The van der Waals surface area contributed by atoms with Crippen LogP contribution in [0.2, 0.25) is 10.0 Å². The van der Waals surface area contributed by atoms with Crippen molar-refractivity contribution in [1.29, 1.82) is 0 Å². The van der Waals surface area contributed by atoms with Crippen LogP contribution in [0.25, 0.3) is 0 Å². The molecule has 0 fully saturated rings. The van der Waals surface area contributed by atoms with Gasteiger partial charge < -0.3 is 24.5 Å². The predicted octanol–water partition coefficient (Wildman–Crippen LogP) is 8.69. The number of carboxylic acids is 3. The van der Waals surface area contributed by atoms with Crippen molar-refractivity contribution in [2.75, 3.05) is 0 Å². The number of hydrogen-bond acceptors (Lipinski definition) is 5. The van der Waals surface area contributed by atoms with Gasteiger partial charge in [-0.05, 0) is 66.4 Å². The molecule has 292 valence electrons. The van der Waals surface area contributed by atoms with Gasteiger partial charge in [-0.25, -0.2) is 0 Å². The van der Waals surface area contributed by atoms with E-state index in [-0.39, 0.29) is 24.4 Å². The zero-order chi connectivity index (χ0) is 41.2. The smallest absolute Gasteiger partial charge is 0.312 e. The third-order valence-corrected chi connectivity index (χ3v) is 10.3. The first kappa shape index (κ1) is 41.9. The van der Waals surface area contributed by atoms with E-state index in [1.165, 1.54) is 0 Å². The van der Waals surface area contributed by atoms with E-state index in [2.05, 4.69) is 0 Å². The number of carbonyl (C=O) groups excluding carboxylic acids is 2. The molecule has 7 rings (SSSR count). The summed E-state index contributed by atoms with van der Waals surface area (Å²) >= 11 is 12.3. The van der Waals surface area contributed by atoms with Gasteiger partial charge in [-0.1, -0.05) is 114 Å². The fraction of sp³-hybridized carbons (Fsp3) is 0.178. The number of halogens is 2. The number of ketones is 2. The van der Waals surface area contributed by atoms with Crippen molar-refractivity contribution in [3.8, 4) is 0 Å². The van der Waals surface area contributed by atoms with Crippen LogP contribution in [-0.2, 0) is 47.2 Å². The van der Waals surface area contributed by atoms with Gasteiger partial charge in [0.05, 0.1) is 30.1 Å². The Bertz CT molecular complexity index is 2400. The molecule has 0 bridgehead atoms. The van der Waals surface area contributed by atoms with Gasteiger partial charge in [0.25, 0.3) is 0 Å². The molecule has 10 nitrogen and oxygen atoms in total. The van der Waals surface area contributed by atoms with Crippen LogP contribution in [0.15, 0.2) is 121 Å². The Labute approximate surface area is 339 Å². The summed E-state index contributed by atoms with van der Waals surface area (Å²) in [5.41, 5.74) is 7.28. The summed E-state index contributed by atoms with van der Waals surface area (Å²) in [6.07, 6.45) is 0.998. The second-order valence-electron chi connectivity index (χ2n) is 13.4. The molecule has 4 aromatic carbocycles. The highest BCUT2D eigenvalue weighted by atomic mass is 35.5. The maximum atomic E-state index is 12.4. The van der Waals surface area contributed by atoms with Gasteiger partial charge in [-0.15, -0.1) is 0 Å². The Hall–Kier alpha value is -6.23. The van der Waals surface area contributed by atoms with E-state index < -0.39 is 23.8 Å². The average molecular weight is 808 g/mol. The summed E-state index contributed by atoms with van der Waals surface area (Å²) in [6, 6.07) is 36.0. The maximum absolute atomic E-state index is 12.4. The molecule has 0 spiro atoms. The highest BCUT2D eigenvalue weighted by Gasteiger charge is 2.31. The number of carbonyl (C=O) groups is 5. The molecule has 0 aliphatic carbocycles. The van der Waals surface area contributed by atoms with Crippen LogP contribution in [0.3, 0.4) is 0 Å². The Kier molecular flexibility index (Phi) is 14.0. The van der Waals surface area contributed by atoms with Gasteiger partial charge in [-0.2, -0.15) is 0 Å². The lowest BCUT2D eigenvalue weighted by Gasteiger charge is -2.10. The van der Waals surface area contributed by atoms with Crippen molar-refractivity contribution in [2.45, 2.75) is 45.1 Å². The van der Waals surface area contributed by atoms with Crippen LogP contribution in [0.5, 0.6) is 0 Å². The molecule has 0 radical (unpaired) electrons. The standard InChI is InChI=1S/C15H12Cl2O2.C15H13NO3.C15H15NO3/c16-13-6-3-7-14(17)12(13)8-10-4-1-2-5-11(10)9-15(18)19;17-14(10-4-2-1-3-5-10)13-7-6-12-11(15(18)19)8-9-16(12)13;1-10-3-5-11(6-4-10)15(19)13-8-7-12(16(13)2)9-14(17)18/h1-7H,8-9H2,(H,18,19);1-7,11H,8-9H2,(H,18,19);3-8H,9H2,1-2H3,(H,17,18). The van der Waals surface area contributed by atoms with Crippen molar-refractivity contribution in [2.24, 2.45) is 7.05 Å². The molecule has 3 N–H and O–H groups in total. The van der Waals surface area contributed by atoms with Gasteiger partial charge in [-0.3, -0.25) is 24.0 Å². The lowest BCUT2D eigenvalue weighted by atomic mass is 9.98. The summed E-state index contributed by atoms with van der Waals surface area (Å²) < 4.78 is 3.46. The normalized spacial score (nSPS) is 12.7. The van der Waals surface area contributed by atoms with E-state index >= 15 is 0 Å². The van der Waals surface area contributed by atoms with Crippen LogP contribution in [0.1, 0.15) is 78.1 Å². The quantitative estimate of drug-likeness (QED) is 0.110. The minimum Gasteiger partial charge on any atom is -0.481 e. The van der Waals surface area contributed by atoms with E-state index in [4.69, 9.17) is 38.5 Å². The molecule has 12 heteroatoms. The SMILES string of the molecule is Cc1ccc(C(=O)c2ccc(CC(=O)O)n2C)cc1.O=C(O)Cc1ccccc1Cc1c(Cl)cccc1Cl.O=C(c1ccccc1)c1ccc2n1CCC2C(=O)O. The zero-order valence-electron chi connectivity index (χ0n) is 31.2. The fourth-order valence-corrected chi connectivity index (χ4v) is 7.08. The largest absolute Gasteiger partial charge is 0.481 e. The highest BCUT2D eigenvalue weighted by Crippen LogP contribution is 2.32. The van der Waals surface area contributed by atoms with Gasteiger partial charge in [0.1, 0.15) is 0 Å². The second-order valence-corrected chi connectivity index (χ2v) is 14.2. The number of hydrogen-bond donors (Lipinski definition) is 3. The minimum absolute atomic E-state index is 0.00174. The molecule has 1 atom stereocenters. The van der Waals surface area contributed by atoms with Crippen LogP contribution >= 0.6 is 23.2 Å². The third kappa shape index (κ3) is 10.5. The average Bonchev–Trinajstić information content (AvgIpc) is 3.90. The maximum Gasteiger partial charge on any atom is 0.312 e. The van der Waals surface area contributed by atoms with Crippen molar-refractivity contribution in [3.05, 3.63) is 188 Å². The Balaban J connectivity index is 0.000000163. The van der Waals surface area contributed by atoms with Crippen molar-refractivity contribution in [3.63, 3.8) is 0 Å². The molecule has 0 saturated carbocycles. The number of rotatable bonds is 11. The molecular weight excluding hydrogens is 767 g/mol. The number of aryl methyl sites for hydroxylation is 1. The third-order valence-electron chi connectivity index (χ3n) is 9.57. The monoisotopic (exact) mass is 806 g/mol. The number of benzene rings is 4.